The van der Waals surface area contributed by atoms with Crippen molar-refractivity contribution in [3.63, 3.8) is 0 Å². The lowest BCUT2D eigenvalue weighted by atomic mass is 10.2. The third-order valence-corrected chi connectivity index (χ3v) is 6.23. The maximum Gasteiger partial charge on any atom is 0.339 e. The first-order valence-electron chi connectivity index (χ1n) is 6.31. The molecule has 0 atom stereocenters. The molecule has 3 rings (SSSR count). The number of aromatic nitrogens is 1. The highest BCUT2D eigenvalue weighted by Crippen LogP contribution is 2.34. The lowest BCUT2D eigenvalue weighted by molar-refractivity contribution is 0.486. The average Bonchev–Trinajstić information content (AvgIpc) is 2.52. The highest BCUT2D eigenvalue weighted by atomic mass is 127. The van der Waals surface area contributed by atoms with E-state index < -0.39 is 10.1 Å². The lowest BCUT2D eigenvalue weighted by Gasteiger charge is -2.12. The Labute approximate surface area is 165 Å². The molecule has 0 saturated carbocycles. The van der Waals surface area contributed by atoms with Crippen LogP contribution in [0.5, 0.6) is 5.75 Å². The van der Waals surface area contributed by atoms with Crippen LogP contribution in [0, 0.1) is 7.14 Å². The van der Waals surface area contributed by atoms with E-state index >= 15 is 0 Å². The second-order valence-electron chi connectivity index (χ2n) is 4.56. The predicted octanol–water partition coefficient (Wildman–Crippen LogP) is 4.87. The maximum atomic E-state index is 12.5. The Balaban J connectivity index is 2.13. The molecule has 1 heterocycles. The largest absolute Gasteiger partial charge is 0.375 e. The monoisotopic (exact) mass is 571 g/mol. The van der Waals surface area contributed by atoms with Crippen molar-refractivity contribution in [2.75, 3.05) is 0 Å². The Morgan fingerprint density at radius 3 is 2.43 bits per heavy atom. The summed E-state index contributed by atoms with van der Waals surface area (Å²) in [4.78, 5) is 4.32. The van der Waals surface area contributed by atoms with Crippen LogP contribution in [0.2, 0.25) is 5.02 Å². The first-order chi connectivity index (χ1) is 10.9. The zero-order valence-electron chi connectivity index (χ0n) is 11.3. The molecule has 0 aliphatic heterocycles. The summed E-state index contributed by atoms with van der Waals surface area (Å²) < 4.78 is 32.0. The van der Waals surface area contributed by atoms with Crippen molar-refractivity contribution in [1.29, 1.82) is 0 Å². The summed E-state index contributed by atoms with van der Waals surface area (Å²) in [5.74, 6) is 0.233. The van der Waals surface area contributed by atoms with E-state index in [2.05, 4.69) is 27.6 Å². The van der Waals surface area contributed by atoms with Crippen LogP contribution in [0.3, 0.4) is 0 Å². The Kier molecular flexibility index (Phi) is 5.00. The Morgan fingerprint density at radius 1 is 1.04 bits per heavy atom. The molecule has 0 spiro atoms. The molecule has 0 unspecified atom stereocenters. The van der Waals surface area contributed by atoms with Crippen molar-refractivity contribution in [1.82, 2.24) is 4.98 Å². The van der Waals surface area contributed by atoms with Crippen LogP contribution >= 0.6 is 56.8 Å². The topological polar surface area (TPSA) is 56.3 Å². The van der Waals surface area contributed by atoms with Gasteiger partial charge in [-0.1, -0.05) is 17.7 Å². The summed E-state index contributed by atoms with van der Waals surface area (Å²) in [5, 5.41) is 1.30. The normalized spacial score (nSPS) is 11.6. The van der Waals surface area contributed by atoms with Gasteiger partial charge in [0.2, 0.25) is 0 Å². The van der Waals surface area contributed by atoms with E-state index in [-0.39, 0.29) is 10.6 Å². The van der Waals surface area contributed by atoms with Gasteiger partial charge in [-0.15, -0.1) is 0 Å². The quantitative estimate of drug-likeness (QED) is 0.333. The van der Waals surface area contributed by atoms with Gasteiger partial charge in [-0.2, -0.15) is 8.42 Å². The molecule has 4 nitrogen and oxygen atoms in total. The van der Waals surface area contributed by atoms with Gasteiger partial charge in [0.15, 0.2) is 5.75 Å². The molecule has 3 aromatic rings. The number of rotatable bonds is 3. The SMILES string of the molecule is O=S(=O)(Oc1c(I)cc(I)c2cccnc12)c1ccc(Cl)cc1. The third kappa shape index (κ3) is 3.57. The van der Waals surface area contributed by atoms with Crippen molar-refractivity contribution in [3.05, 3.63) is 60.8 Å². The van der Waals surface area contributed by atoms with Gasteiger partial charge in [0.05, 0.1) is 3.57 Å². The predicted molar refractivity (Wildman–Crippen MR) is 106 cm³/mol. The standard InChI is InChI=1S/C15H8ClI2NO3S/c16-9-3-5-10(6-4-9)23(20,21)22-15-13(18)8-12(17)11-2-1-7-19-14(11)15/h1-8H. The van der Waals surface area contributed by atoms with E-state index in [0.717, 1.165) is 8.96 Å². The Hall–Kier alpha value is -0.650. The van der Waals surface area contributed by atoms with E-state index in [1.807, 2.05) is 34.7 Å². The fraction of sp³-hybridized carbons (Fsp3) is 0. The van der Waals surface area contributed by atoms with Gasteiger partial charge >= 0.3 is 10.1 Å². The van der Waals surface area contributed by atoms with Crippen molar-refractivity contribution in [2.24, 2.45) is 0 Å². The number of pyridine rings is 1. The van der Waals surface area contributed by atoms with Gasteiger partial charge < -0.3 is 4.18 Å². The minimum Gasteiger partial charge on any atom is -0.375 e. The molecule has 1 aromatic heterocycles. The van der Waals surface area contributed by atoms with E-state index in [1.165, 1.54) is 24.3 Å². The number of nitrogens with zero attached hydrogens (tertiary/aromatic N) is 1. The maximum absolute atomic E-state index is 12.5. The molecule has 0 fully saturated rings. The minimum atomic E-state index is -3.96. The molecule has 0 bridgehead atoms. The summed E-state index contributed by atoms with van der Waals surface area (Å²) in [7, 11) is -3.96. The van der Waals surface area contributed by atoms with Crippen LogP contribution in [-0.2, 0) is 10.1 Å². The fourth-order valence-electron chi connectivity index (χ4n) is 1.98. The van der Waals surface area contributed by atoms with Gasteiger partial charge in [-0.25, -0.2) is 0 Å². The highest BCUT2D eigenvalue weighted by molar-refractivity contribution is 14.1. The number of hydrogen-bond donors (Lipinski definition) is 0. The fourth-order valence-corrected chi connectivity index (χ4v) is 5.23. The average molecular weight is 572 g/mol. The third-order valence-electron chi connectivity index (χ3n) is 3.05. The second kappa shape index (κ2) is 6.69. The molecular weight excluding hydrogens is 563 g/mol. The first kappa shape index (κ1) is 17.2. The van der Waals surface area contributed by atoms with E-state index in [9.17, 15) is 8.42 Å². The smallest absolute Gasteiger partial charge is 0.339 e. The van der Waals surface area contributed by atoms with Crippen LogP contribution in [0.25, 0.3) is 10.9 Å². The molecule has 0 amide bonds. The molecule has 118 valence electrons. The van der Waals surface area contributed by atoms with Crippen molar-refractivity contribution < 1.29 is 12.6 Å². The van der Waals surface area contributed by atoms with Gasteiger partial charge in [0, 0.05) is 20.2 Å². The van der Waals surface area contributed by atoms with Crippen LogP contribution in [0.1, 0.15) is 0 Å². The molecule has 0 aliphatic carbocycles. The second-order valence-corrected chi connectivity index (χ2v) is 8.87. The van der Waals surface area contributed by atoms with Crippen LogP contribution < -0.4 is 4.18 Å². The molecule has 0 radical (unpaired) electrons. The van der Waals surface area contributed by atoms with Crippen LogP contribution in [0.4, 0.5) is 0 Å². The van der Waals surface area contributed by atoms with E-state index in [4.69, 9.17) is 15.8 Å². The van der Waals surface area contributed by atoms with Crippen molar-refractivity contribution in [3.8, 4) is 5.75 Å². The molecule has 2 aromatic carbocycles. The molecule has 0 N–H and O–H groups in total. The first-order valence-corrected chi connectivity index (χ1v) is 10.3. The summed E-state index contributed by atoms with van der Waals surface area (Å²) in [6.45, 7) is 0. The number of fused-ring (bicyclic) bond motifs is 1. The van der Waals surface area contributed by atoms with Gasteiger partial charge in [-0.3, -0.25) is 4.98 Å². The van der Waals surface area contributed by atoms with Crippen molar-refractivity contribution in [2.45, 2.75) is 4.90 Å². The summed E-state index contributed by atoms with van der Waals surface area (Å²) in [6, 6.07) is 11.4. The van der Waals surface area contributed by atoms with Crippen LogP contribution in [-0.4, -0.2) is 13.4 Å². The summed E-state index contributed by atoms with van der Waals surface area (Å²) >= 11 is 10.0. The Morgan fingerprint density at radius 2 is 1.74 bits per heavy atom. The van der Waals surface area contributed by atoms with E-state index in [0.29, 0.717) is 14.1 Å². The number of benzene rings is 2. The molecular formula is C15H8ClI2NO3S. The molecule has 23 heavy (non-hydrogen) atoms. The lowest BCUT2D eigenvalue weighted by Crippen LogP contribution is -2.11. The molecule has 0 aliphatic rings. The Bertz CT molecular complexity index is 992. The summed E-state index contributed by atoms with van der Waals surface area (Å²) in [6.07, 6.45) is 1.61. The van der Waals surface area contributed by atoms with E-state index in [1.54, 1.807) is 12.3 Å². The molecule has 0 saturated heterocycles. The number of halogens is 3. The highest BCUT2D eigenvalue weighted by Gasteiger charge is 2.21. The zero-order chi connectivity index (χ0) is 16.6. The summed E-state index contributed by atoms with van der Waals surface area (Å²) in [5.41, 5.74) is 0.515. The molecule has 8 heteroatoms. The number of hydrogen-bond acceptors (Lipinski definition) is 4. The van der Waals surface area contributed by atoms with Gasteiger partial charge in [0.25, 0.3) is 0 Å². The van der Waals surface area contributed by atoms with Gasteiger partial charge in [0.1, 0.15) is 10.4 Å². The van der Waals surface area contributed by atoms with Crippen LogP contribution in [0.15, 0.2) is 53.6 Å². The van der Waals surface area contributed by atoms with Crippen molar-refractivity contribution >= 4 is 77.8 Å². The zero-order valence-corrected chi connectivity index (χ0v) is 17.2. The minimum absolute atomic E-state index is 0.0420. The van der Waals surface area contributed by atoms with Gasteiger partial charge in [-0.05, 0) is 81.6 Å².